The lowest BCUT2D eigenvalue weighted by atomic mass is 10.0. The molecule has 170 valence electrons. The molecule has 1 aromatic carbocycles. The first-order valence-electron chi connectivity index (χ1n) is 11.9. The highest BCUT2D eigenvalue weighted by Gasteiger charge is 2.24. The van der Waals surface area contributed by atoms with Crippen LogP contribution in [0.25, 0.3) is 11.0 Å². The smallest absolute Gasteiger partial charge is 0.252 e. The minimum Gasteiger partial charge on any atom is -0.368 e. The van der Waals surface area contributed by atoms with Crippen molar-refractivity contribution in [3.8, 4) is 0 Å². The molecule has 31 heavy (non-hydrogen) atoms. The zero-order valence-corrected chi connectivity index (χ0v) is 19.5. The van der Waals surface area contributed by atoms with Crippen molar-refractivity contribution in [3.05, 3.63) is 29.6 Å². The molecule has 6 heteroatoms. The maximum atomic E-state index is 12.8. The summed E-state index contributed by atoms with van der Waals surface area (Å²) in [7, 11) is 0. The molecule has 1 aliphatic rings. The molecule has 3 rings (SSSR count). The summed E-state index contributed by atoms with van der Waals surface area (Å²) in [6.07, 6.45) is 8.83. The van der Waals surface area contributed by atoms with E-state index in [4.69, 9.17) is 10.7 Å². The molecule has 1 heterocycles. The fourth-order valence-electron chi connectivity index (χ4n) is 4.93. The van der Waals surface area contributed by atoms with E-state index in [2.05, 4.69) is 23.7 Å². The molecule has 1 aliphatic carbocycles. The molecule has 1 aromatic heterocycles. The number of carbonyl (C=O) groups excluding carboxylic acids is 2. The van der Waals surface area contributed by atoms with Crippen molar-refractivity contribution < 1.29 is 9.59 Å². The van der Waals surface area contributed by atoms with Gasteiger partial charge in [0.05, 0.1) is 11.0 Å². The van der Waals surface area contributed by atoms with Crippen LogP contribution >= 0.6 is 0 Å². The number of nitrogens with one attached hydrogen (secondary N) is 1. The third-order valence-electron chi connectivity index (χ3n) is 6.63. The van der Waals surface area contributed by atoms with Gasteiger partial charge in [0.15, 0.2) is 0 Å². The Morgan fingerprint density at radius 1 is 1.19 bits per heavy atom. The molecule has 3 N–H and O–H groups in total. The number of benzene rings is 1. The number of carbonyl (C=O) groups is 2. The van der Waals surface area contributed by atoms with E-state index < -0.39 is 11.9 Å². The molecular weight excluding hydrogens is 388 g/mol. The van der Waals surface area contributed by atoms with E-state index in [0.717, 1.165) is 36.1 Å². The Morgan fingerprint density at radius 3 is 2.45 bits per heavy atom. The van der Waals surface area contributed by atoms with Gasteiger partial charge in [-0.1, -0.05) is 53.4 Å². The van der Waals surface area contributed by atoms with Crippen LogP contribution in [0.1, 0.15) is 94.9 Å². The minimum absolute atomic E-state index is 0.258. The van der Waals surface area contributed by atoms with E-state index in [-0.39, 0.29) is 11.8 Å². The third kappa shape index (κ3) is 5.46. The number of nitrogens with zero attached hydrogens (tertiary/aromatic N) is 2. The Balaban J connectivity index is 1.91. The molecular formula is C25H38N4O2. The van der Waals surface area contributed by atoms with Crippen LogP contribution in [0, 0.1) is 11.8 Å². The number of aromatic nitrogens is 2. The van der Waals surface area contributed by atoms with Crippen molar-refractivity contribution in [3.63, 3.8) is 0 Å². The molecule has 2 amide bonds. The van der Waals surface area contributed by atoms with Gasteiger partial charge in [0.2, 0.25) is 5.91 Å². The van der Waals surface area contributed by atoms with Crippen LogP contribution in [0.15, 0.2) is 18.2 Å². The third-order valence-corrected chi connectivity index (χ3v) is 6.63. The van der Waals surface area contributed by atoms with Crippen molar-refractivity contribution in [2.24, 2.45) is 17.6 Å². The van der Waals surface area contributed by atoms with Crippen LogP contribution in [-0.4, -0.2) is 27.4 Å². The average Bonchev–Trinajstić information content (AvgIpc) is 3.36. The normalized spacial score (nSPS) is 15.8. The van der Waals surface area contributed by atoms with E-state index in [1.165, 1.54) is 25.7 Å². The van der Waals surface area contributed by atoms with Crippen molar-refractivity contribution in [2.45, 2.75) is 91.1 Å². The van der Waals surface area contributed by atoms with Crippen LogP contribution in [0.5, 0.6) is 0 Å². The molecule has 1 saturated carbocycles. The predicted molar refractivity (Wildman–Crippen MR) is 125 cm³/mol. The highest BCUT2D eigenvalue weighted by molar-refractivity contribution is 5.99. The lowest BCUT2D eigenvalue weighted by Crippen LogP contribution is -2.45. The van der Waals surface area contributed by atoms with Gasteiger partial charge >= 0.3 is 0 Å². The molecule has 0 radical (unpaired) electrons. The fraction of sp³-hybridized carbons (Fsp3) is 0.640. The SMILES string of the molecule is CCC(CC)n1c(CC2CCCC2)nc2cc(C(=O)NC(CC(C)C)C(N)=O)ccc21. The van der Waals surface area contributed by atoms with Crippen molar-refractivity contribution in [1.82, 2.24) is 14.9 Å². The number of amides is 2. The summed E-state index contributed by atoms with van der Waals surface area (Å²) in [6, 6.07) is 5.45. The lowest BCUT2D eigenvalue weighted by Gasteiger charge is -2.20. The highest BCUT2D eigenvalue weighted by atomic mass is 16.2. The second-order valence-electron chi connectivity index (χ2n) is 9.48. The predicted octanol–water partition coefficient (Wildman–Crippen LogP) is 4.76. The van der Waals surface area contributed by atoms with Crippen LogP contribution in [0.4, 0.5) is 0 Å². The van der Waals surface area contributed by atoms with Gasteiger partial charge in [0.25, 0.3) is 5.91 Å². The average molecular weight is 427 g/mol. The van der Waals surface area contributed by atoms with Crippen molar-refractivity contribution in [2.75, 3.05) is 0 Å². The summed E-state index contributed by atoms with van der Waals surface area (Å²) in [5.41, 5.74) is 7.96. The van der Waals surface area contributed by atoms with Crippen LogP contribution in [0.2, 0.25) is 0 Å². The summed E-state index contributed by atoms with van der Waals surface area (Å²) in [6.45, 7) is 8.45. The van der Waals surface area contributed by atoms with E-state index >= 15 is 0 Å². The second-order valence-corrected chi connectivity index (χ2v) is 9.48. The Labute approximate surface area is 186 Å². The summed E-state index contributed by atoms with van der Waals surface area (Å²) >= 11 is 0. The maximum Gasteiger partial charge on any atom is 0.252 e. The van der Waals surface area contributed by atoms with E-state index in [0.29, 0.717) is 23.9 Å². The first-order valence-corrected chi connectivity index (χ1v) is 11.9. The van der Waals surface area contributed by atoms with Crippen LogP contribution in [0.3, 0.4) is 0 Å². The number of nitrogens with two attached hydrogens (primary N) is 1. The van der Waals surface area contributed by atoms with Gasteiger partial charge in [-0.3, -0.25) is 9.59 Å². The first-order chi connectivity index (χ1) is 14.8. The number of hydrogen-bond donors (Lipinski definition) is 2. The van der Waals surface area contributed by atoms with Gasteiger partial charge in [0, 0.05) is 18.0 Å². The molecule has 2 aromatic rings. The second kappa shape index (κ2) is 10.3. The fourth-order valence-corrected chi connectivity index (χ4v) is 4.93. The minimum atomic E-state index is -0.664. The number of rotatable bonds is 10. The number of hydrogen-bond acceptors (Lipinski definition) is 3. The number of fused-ring (bicyclic) bond motifs is 1. The monoisotopic (exact) mass is 426 g/mol. The topological polar surface area (TPSA) is 90.0 Å². The maximum absolute atomic E-state index is 12.8. The number of imidazole rings is 1. The van der Waals surface area contributed by atoms with Gasteiger partial charge in [-0.25, -0.2) is 4.98 Å². The molecule has 0 spiro atoms. The molecule has 6 nitrogen and oxygen atoms in total. The summed E-state index contributed by atoms with van der Waals surface area (Å²) < 4.78 is 2.40. The molecule has 1 unspecified atom stereocenters. The molecule has 0 saturated heterocycles. The summed E-state index contributed by atoms with van der Waals surface area (Å²) in [4.78, 5) is 29.6. The Morgan fingerprint density at radius 2 is 1.87 bits per heavy atom. The lowest BCUT2D eigenvalue weighted by molar-refractivity contribution is -0.120. The molecule has 1 fully saturated rings. The van der Waals surface area contributed by atoms with E-state index in [9.17, 15) is 9.59 Å². The van der Waals surface area contributed by atoms with E-state index in [1.807, 2.05) is 32.0 Å². The molecule has 0 aliphatic heterocycles. The van der Waals surface area contributed by atoms with Crippen LogP contribution in [-0.2, 0) is 11.2 Å². The Kier molecular flexibility index (Phi) is 7.74. The van der Waals surface area contributed by atoms with Gasteiger partial charge in [-0.15, -0.1) is 0 Å². The van der Waals surface area contributed by atoms with Gasteiger partial charge in [0.1, 0.15) is 11.9 Å². The summed E-state index contributed by atoms with van der Waals surface area (Å²) in [5.74, 6) is 1.33. The quantitative estimate of drug-likeness (QED) is 0.574. The Hall–Kier alpha value is -2.37. The van der Waals surface area contributed by atoms with Gasteiger partial charge in [-0.2, -0.15) is 0 Å². The van der Waals surface area contributed by atoms with Crippen molar-refractivity contribution in [1.29, 1.82) is 0 Å². The van der Waals surface area contributed by atoms with Crippen LogP contribution < -0.4 is 11.1 Å². The molecule has 1 atom stereocenters. The zero-order valence-electron chi connectivity index (χ0n) is 19.5. The zero-order chi connectivity index (χ0) is 22.5. The summed E-state index contributed by atoms with van der Waals surface area (Å²) in [5, 5.41) is 2.81. The first kappa shape index (κ1) is 23.3. The standard InChI is InChI=1S/C25H38N4O2/c1-5-19(6-2)29-22-12-11-18(25(31)28-21(24(26)30)13-16(3)4)15-20(22)27-23(29)14-17-9-7-8-10-17/h11-12,15-17,19,21H,5-10,13-14H2,1-4H3,(H2,26,30)(H,28,31). The van der Waals surface area contributed by atoms with Gasteiger partial charge in [-0.05, 0) is 49.3 Å². The van der Waals surface area contributed by atoms with Crippen molar-refractivity contribution >= 4 is 22.8 Å². The highest BCUT2D eigenvalue weighted by Crippen LogP contribution is 2.32. The Bertz CT molecular complexity index is 908. The largest absolute Gasteiger partial charge is 0.368 e. The van der Waals surface area contributed by atoms with E-state index in [1.54, 1.807) is 0 Å². The van der Waals surface area contributed by atoms with Gasteiger partial charge < -0.3 is 15.6 Å². The number of primary amides is 1. The molecule has 0 bridgehead atoms.